The number of nitrogens with zero attached hydrogens (tertiary/aromatic N) is 3. The Hall–Kier alpha value is -3.04. The Bertz CT molecular complexity index is 1090. The Morgan fingerprint density at radius 3 is 2.57 bits per heavy atom. The van der Waals surface area contributed by atoms with Crippen molar-refractivity contribution in [2.24, 2.45) is 0 Å². The molecular formula is C19H20N4O4S. The van der Waals surface area contributed by atoms with E-state index in [-0.39, 0.29) is 10.5 Å². The van der Waals surface area contributed by atoms with Crippen molar-refractivity contribution >= 4 is 16.0 Å². The Kier molecular flexibility index (Phi) is 5.57. The summed E-state index contributed by atoms with van der Waals surface area (Å²) < 4.78 is 34.7. The van der Waals surface area contributed by atoms with Crippen molar-refractivity contribution < 1.29 is 17.9 Å². The molecule has 0 aliphatic rings. The highest BCUT2D eigenvalue weighted by Gasteiger charge is 2.26. The number of carbonyl (C=O) groups excluding carboxylic acids is 1. The quantitative estimate of drug-likeness (QED) is 0.638. The monoisotopic (exact) mass is 400 g/mol. The van der Waals surface area contributed by atoms with Gasteiger partial charge in [0, 0.05) is 23.5 Å². The maximum atomic E-state index is 12.9. The van der Waals surface area contributed by atoms with Crippen molar-refractivity contribution in [1.29, 1.82) is 0 Å². The molecule has 28 heavy (non-hydrogen) atoms. The first-order valence-electron chi connectivity index (χ1n) is 8.50. The third-order valence-electron chi connectivity index (χ3n) is 4.29. The van der Waals surface area contributed by atoms with Gasteiger partial charge in [-0.3, -0.25) is 0 Å². The molecule has 0 spiro atoms. The van der Waals surface area contributed by atoms with Gasteiger partial charge in [0.1, 0.15) is 0 Å². The predicted molar refractivity (Wildman–Crippen MR) is 103 cm³/mol. The van der Waals surface area contributed by atoms with Crippen LogP contribution in [-0.2, 0) is 14.8 Å². The molecule has 146 valence electrons. The topological polar surface area (TPSA) is 103 Å². The maximum Gasteiger partial charge on any atom is 0.339 e. The average molecular weight is 400 g/mol. The molecule has 0 fully saturated rings. The minimum absolute atomic E-state index is 0.0226. The van der Waals surface area contributed by atoms with Crippen LogP contribution in [0.2, 0.25) is 0 Å². The summed E-state index contributed by atoms with van der Waals surface area (Å²) in [6.45, 7) is 3.55. The number of hydrogen-bond acceptors (Lipinski definition) is 6. The van der Waals surface area contributed by atoms with Gasteiger partial charge in [-0.2, -0.15) is 5.10 Å². The van der Waals surface area contributed by atoms with Crippen LogP contribution in [0.15, 0.2) is 59.8 Å². The number of sulfonamides is 1. The predicted octanol–water partition coefficient (Wildman–Crippen LogP) is 2.40. The van der Waals surface area contributed by atoms with Gasteiger partial charge in [-0.15, -0.1) is 0 Å². The molecule has 0 aliphatic heterocycles. The number of carbonyl (C=O) groups is 1. The minimum atomic E-state index is -3.97. The van der Waals surface area contributed by atoms with Crippen molar-refractivity contribution in [2.45, 2.75) is 24.8 Å². The molecule has 0 radical (unpaired) electrons. The van der Waals surface area contributed by atoms with Gasteiger partial charge in [0.05, 0.1) is 23.8 Å². The van der Waals surface area contributed by atoms with E-state index < -0.39 is 22.0 Å². The fraction of sp³-hybridized carbons (Fsp3) is 0.211. The number of ether oxygens (including phenoxy) is 1. The molecule has 1 N–H and O–H groups in total. The van der Waals surface area contributed by atoms with Crippen molar-refractivity contribution in [3.05, 3.63) is 71.7 Å². The molecule has 2 aromatic heterocycles. The zero-order chi connectivity index (χ0) is 20.3. The molecule has 2 heterocycles. The van der Waals surface area contributed by atoms with E-state index in [9.17, 15) is 13.2 Å². The summed E-state index contributed by atoms with van der Waals surface area (Å²) in [5, 5.41) is 4.31. The lowest BCUT2D eigenvalue weighted by Gasteiger charge is -2.16. The lowest BCUT2D eigenvalue weighted by atomic mass is 10.1. The molecule has 3 aromatic rings. The summed E-state index contributed by atoms with van der Waals surface area (Å²) in [7, 11) is -2.76. The van der Waals surface area contributed by atoms with Crippen LogP contribution in [0.25, 0.3) is 5.82 Å². The Morgan fingerprint density at radius 2 is 1.89 bits per heavy atom. The number of methoxy groups -OCH3 is 1. The summed E-state index contributed by atoms with van der Waals surface area (Å²) in [4.78, 5) is 16.0. The molecule has 1 unspecified atom stereocenters. The van der Waals surface area contributed by atoms with Crippen molar-refractivity contribution in [3.8, 4) is 5.82 Å². The summed E-state index contributed by atoms with van der Waals surface area (Å²) in [5.74, 6) is -0.0786. The zero-order valence-electron chi connectivity index (χ0n) is 15.7. The second-order valence-corrected chi connectivity index (χ2v) is 7.80. The second kappa shape index (κ2) is 7.91. The molecule has 0 saturated carbocycles. The molecule has 0 aliphatic carbocycles. The fourth-order valence-electron chi connectivity index (χ4n) is 2.90. The van der Waals surface area contributed by atoms with Gasteiger partial charge >= 0.3 is 5.97 Å². The maximum absolute atomic E-state index is 12.9. The number of hydrogen-bond donors (Lipinski definition) is 1. The average Bonchev–Trinajstić information content (AvgIpc) is 3.09. The smallest absolute Gasteiger partial charge is 0.339 e. The number of aromatic nitrogens is 3. The molecule has 1 aromatic carbocycles. The Labute approximate surface area is 163 Å². The van der Waals surface area contributed by atoms with E-state index in [0.717, 1.165) is 5.69 Å². The molecule has 0 bridgehead atoms. The molecule has 9 heteroatoms. The van der Waals surface area contributed by atoms with Crippen LogP contribution in [0, 0.1) is 6.92 Å². The summed E-state index contributed by atoms with van der Waals surface area (Å²) in [6, 6.07) is 10.8. The van der Waals surface area contributed by atoms with Crippen LogP contribution in [0.4, 0.5) is 0 Å². The van der Waals surface area contributed by atoms with Gasteiger partial charge in [-0.25, -0.2) is 27.6 Å². The first-order chi connectivity index (χ1) is 13.3. The largest absolute Gasteiger partial charge is 0.465 e. The normalized spacial score (nSPS) is 12.5. The van der Waals surface area contributed by atoms with E-state index in [2.05, 4.69) is 19.5 Å². The van der Waals surface area contributed by atoms with Crippen LogP contribution in [0.5, 0.6) is 0 Å². The second-order valence-electron chi connectivity index (χ2n) is 6.12. The SMILES string of the molecule is COC(=O)c1ccccc1S(=O)(=O)NC(C)c1cnn(-c2ccccn2)c1C. The highest BCUT2D eigenvalue weighted by molar-refractivity contribution is 7.89. The van der Waals surface area contributed by atoms with Crippen molar-refractivity contribution in [3.63, 3.8) is 0 Å². The fourth-order valence-corrected chi connectivity index (χ4v) is 4.31. The first kappa shape index (κ1) is 19.7. The van der Waals surface area contributed by atoms with E-state index in [1.54, 1.807) is 42.2 Å². The van der Waals surface area contributed by atoms with Crippen LogP contribution in [0.1, 0.15) is 34.6 Å². The van der Waals surface area contributed by atoms with Gasteiger partial charge in [0.2, 0.25) is 10.0 Å². The van der Waals surface area contributed by atoms with Gasteiger partial charge in [-0.1, -0.05) is 18.2 Å². The molecule has 1 atom stereocenters. The van der Waals surface area contributed by atoms with Gasteiger partial charge in [0.15, 0.2) is 5.82 Å². The van der Waals surface area contributed by atoms with E-state index in [4.69, 9.17) is 0 Å². The number of nitrogens with one attached hydrogen (secondary N) is 1. The summed E-state index contributed by atoms with van der Waals surface area (Å²) in [5.41, 5.74) is 1.44. The Morgan fingerprint density at radius 1 is 1.18 bits per heavy atom. The lowest BCUT2D eigenvalue weighted by molar-refractivity contribution is 0.0596. The van der Waals surface area contributed by atoms with E-state index in [1.807, 2.05) is 19.1 Å². The van der Waals surface area contributed by atoms with Crippen molar-refractivity contribution in [2.75, 3.05) is 7.11 Å². The van der Waals surface area contributed by atoms with Crippen LogP contribution in [-0.4, -0.2) is 36.3 Å². The van der Waals surface area contributed by atoms with Crippen LogP contribution < -0.4 is 4.72 Å². The molecule has 0 saturated heterocycles. The lowest BCUT2D eigenvalue weighted by Crippen LogP contribution is -2.28. The van der Waals surface area contributed by atoms with E-state index in [1.165, 1.54) is 19.2 Å². The third-order valence-corrected chi connectivity index (χ3v) is 5.89. The number of benzene rings is 1. The highest BCUT2D eigenvalue weighted by atomic mass is 32.2. The van der Waals surface area contributed by atoms with Gasteiger partial charge in [0.25, 0.3) is 0 Å². The third kappa shape index (κ3) is 3.80. The molecule has 3 rings (SSSR count). The number of esters is 1. The standard InChI is InChI=1S/C19H20N4O4S/c1-13(16-12-21-23(14(16)2)18-10-6-7-11-20-18)22-28(25,26)17-9-5-4-8-15(17)19(24)27-3/h4-13,22H,1-3H3. The van der Waals surface area contributed by atoms with Gasteiger partial charge in [-0.05, 0) is 38.1 Å². The van der Waals surface area contributed by atoms with E-state index in [0.29, 0.717) is 11.4 Å². The summed E-state index contributed by atoms with van der Waals surface area (Å²) in [6.07, 6.45) is 3.26. The number of rotatable bonds is 6. The zero-order valence-corrected chi connectivity index (χ0v) is 16.5. The van der Waals surface area contributed by atoms with E-state index >= 15 is 0 Å². The summed E-state index contributed by atoms with van der Waals surface area (Å²) >= 11 is 0. The van der Waals surface area contributed by atoms with Crippen molar-refractivity contribution in [1.82, 2.24) is 19.5 Å². The highest BCUT2D eigenvalue weighted by Crippen LogP contribution is 2.23. The first-order valence-corrected chi connectivity index (χ1v) is 9.99. The van der Waals surface area contributed by atoms with Gasteiger partial charge < -0.3 is 4.74 Å². The van der Waals surface area contributed by atoms with Crippen LogP contribution >= 0.6 is 0 Å². The minimum Gasteiger partial charge on any atom is -0.465 e. The Balaban J connectivity index is 1.91. The molecular weight excluding hydrogens is 380 g/mol. The molecule has 8 nitrogen and oxygen atoms in total. The van der Waals surface area contributed by atoms with Crippen LogP contribution in [0.3, 0.4) is 0 Å². The number of pyridine rings is 1. The molecule has 0 amide bonds.